The molecule has 2 rings (SSSR count). The molecule has 0 radical (unpaired) electrons. The van der Waals surface area contributed by atoms with Crippen LogP contribution in [0.1, 0.15) is 50.0 Å². The maximum Gasteiger partial charge on any atom is 0.331 e. The zero-order chi connectivity index (χ0) is 23.5. The minimum Gasteiger partial charge on any atom is -0.503 e. The van der Waals surface area contributed by atoms with Crippen LogP contribution in [0.2, 0.25) is 0 Å². The molecule has 0 bridgehead atoms. The number of aromatic hydroxyl groups is 1. The molecule has 9 heteroatoms. The van der Waals surface area contributed by atoms with Gasteiger partial charge in [0.2, 0.25) is 0 Å². The van der Waals surface area contributed by atoms with Crippen LogP contribution in [0.25, 0.3) is 0 Å². The van der Waals surface area contributed by atoms with E-state index in [1.54, 1.807) is 0 Å². The van der Waals surface area contributed by atoms with E-state index in [1.807, 2.05) is 13.0 Å². The summed E-state index contributed by atoms with van der Waals surface area (Å²) >= 11 is 0. The fourth-order valence-electron chi connectivity index (χ4n) is 3.52. The van der Waals surface area contributed by atoms with Crippen LogP contribution >= 0.6 is 0 Å². The summed E-state index contributed by atoms with van der Waals surface area (Å²) in [7, 11) is 1.36. The molecule has 0 spiro atoms. The van der Waals surface area contributed by atoms with Crippen molar-refractivity contribution in [3.05, 3.63) is 30.6 Å². The normalized spacial score (nSPS) is 23.9. The van der Waals surface area contributed by atoms with E-state index in [2.05, 4.69) is 23.8 Å². The van der Waals surface area contributed by atoms with Gasteiger partial charge in [0.15, 0.2) is 23.2 Å². The number of allylic oxidation sites excluding steroid dienone is 1. The van der Waals surface area contributed by atoms with Gasteiger partial charge in [-0.2, -0.15) is 0 Å². The first-order valence-electron chi connectivity index (χ1n) is 11.0. The molecule has 0 aromatic carbocycles. The van der Waals surface area contributed by atoms with Crippen molar-refractivity contribution in [1.82, 2.24) is 10.3 Å². The summed E-state index contributed by atoms with van der Waals surface area (Å²) in [6, 6.07) is 0.361. The molecule has 178 valence electrons. The summed E-state index contributed by atoms with van der Waals surface area (Å²) < 4.78 is 22.5. The summed E-state index contributed by atoms with van der Waals surface area (Å²) in [5.41, 5.74) is -0.255. The quantitative estimate of drug-likeness (QED) is 0.317. The minimum absolute atomic E-state index is 0.0765. The fraction of sp³-hybridized carbons (Fsp3) is 0.609. The average Bonchev–Trinajstić information content (AvgIpc) is 2.82. The molecule has 2 heterocycles. The van der Waals surface area contributed by atoms with E-state index >= 15 is 0 Å². The molecule has 1 aliphatic rings. The second-order valence-corrected chi connectivity index (χ2v) is 7.71. The molecule has 0 saturated carbocycles. The van der Waals surface area contributed by atoms with Crippen molar-refractivity contribution in [1.29, 1.82) is 0 Å². The van der Waals surface area contributed by atoms with Gasteiger partial charge in [-0.3, -0.25) is 4.79 Å². The highest BCUT2D eigenvalue weighted by molar-refractivity contribution is 5.98. The van der Waals surface area contributed by atoms with Crippen LogP contribution < -0.4 is 10.1 Å². The van der Waals surface area contributed by atoms with Gasteiger partial charge in [0.1, 0.15) is 6.10 Å². The lowest BCUT2D eigenvalue weighted by Crippen LogP contribution is -2.46. The Morgan fingerprint density at radius 3 is 2.91 bits per heavy atom. The molecule has 0 aliphatic carbocycles. The highest BCUT2D eigenvalue weighted by Crippen LogP contribution is 2.28. The molecule has 9 nitrogen and oxygen atoms in total. The molecule has 4 atom stereocenters. The number of esters is 1. The van der Waals surface area contributed by atoms with Crippen LogP contribution in [0.5, 0.6) is 11.5 Å². The second kappa shape index (κ2) is 13.0. The van der Waals surface area contributed by atoms with Crippen molar-refractivity contribution in [2.24, 2.45) is 5.92 Å². The zero-order valence-corrected chi connectivity index (χ0v) is 19.0. The lowest BCUT2D eigenvalue weighted by Gasteiger charge is -2.30. The number of nitrogens with one attached hydrogen (secondary N) is 1. The highest BCUT2D eigenvalue weighted by Gasteiger charge is 2.35. The molecule has 1 saturated heterocycles. The van der Waals surface area contributed by atoms with Gasteiger partial charge >= 0.3 is 5.97 Å². The molecule has 32 heavy (non-hydrogen) atoms. The predicted octanol–water partition coefficient (Wildman–Crippen LogP) is 2.62. The van der Waals surface area contributed by atoms with E-state index in [1.165, 1.54) is 19.4 Å². The number of rotatable bonds is 10. The van der Waals surface area contributed by atoms with E-state index in [-0.39, 0.29) is 36.7 Å². The minimum atomic E-state index is -1.06. The summed E-state index contributed by atoms with van der Waals surface area (Å²) in [5.74, 6) is -1.74. The van der Waals surface area contributed by atoms with Crippen LogP contribution in [-0.2, 0) is 19.0 Å². The third-order valence-electron chi connectivity index (χ3n) is 5.40. The molecule has 0 unspecified atom stereocenters. The maximum absolute atomic E-state index is 12.8. The van der Waals surface area contributed by atoms with Gasteiger partial charge in [0.25, 0.3) is 5.91 Å². The van der Waals surface area contributed by atoms with Crippen molar-refractivity contribution >= 4 is 11.9 Å². The number of ether oxygens (including phenoxy) is 4. The van der Waals surface area contributed by atoms with Crippen LogP contribution in [0, 0.1) is 5.92 Å². The van der Waals surface area contributed by atoms with Gasteiger partial charge in [0.05, 0.1) is 26.4 Å². The SMILES string of the molecule is C=CCC[C@H]1[C@H](C)OC(=O)[C@@H](NC(=O)c2nccc(OC)c2O)COC[C@@H]1OCCCC. The smallest absolute Gasteiger partial charge is 0.331 e. The number of pyridine rings is 1. The number of unbranched alkanes of at least 4 members (excludes halogenated alkanes) is 1. The average molecular weight is 451 g/mol. The van der Waals surface area contributed by atoms with Gasteiger partial charge in [-0.05, 0) is 26.2 Å². The summed E-state index contributed by atoms with van der Waals surface area (Å²) in [4.78, 5) is 29.4. The number of cyclic esters (lactones) is 1. The number of carbonyl (C=O) groups is 2. The number of methoxy groups -OCH3 is 1. The number of carbonyl (C=O) groups excluding carboxylic acids is 2. The second-order valence-electron chi connectivity index (χ2n) is 7.71. The Hall–Kier alpha value is -2.65. The molecule has 1 amide bonds. The van der Waals surface area contributed by atoms with Crippen molar-refractivity contribution in [3.63, 3.8) is 0 Å². The van der Waals surface area contributed by atoms with Crippen LogP contribution in [0.3, 0.4) is 0 Å². The third kappa shape index (κ3) is 6.93. The standard InChI is InChI=1S/C23H34N2O7/c1-5-7-9-16-15(3)32-23(28)17(13-30-14-19(16)31-12-8-6-2)25-22(27)20-21(26)18(29-4)10-11-24-20/h5,10-11,15-17,19,26H,1,6-9,12-14H2,2-4H3,(H,25,27)/t15-,16-,17-,19-/m0/s1. The first-order valence-corrected chi connectivity index (χ1v) is 11.0. The van der Waals surface area contributed by atoms with Gasteiger partial charge in [0, 0.05) is 24.8 Å². The molecular weight excluding hydrogens is 416 g/mol. The predicted molar refractivity (Wildman–Crippen MR) is 118 cm³/mol. The Labute approximate surface area is 189 Å². The van der Waals surface area contributed by atoms with Gasteiger partial charge in [-0.1, -0.05) is 19.4 Å². The van der Waals surface area contributed by atoms with Crippen molar-refractivity contribution < 1.29 is 33.6 Å². The maximum atomic E-state index is 12.8. The Morgan fingerprint density at radius 1 is 1.44 bits per heavy atom. The lowest BCUT2D eigenvalue weighted by atomic mass is 9.91. The highest BCUT2D eigenvalue weighted by atomic mass is 16.6. The number of aromatic nitrogens is 1. The Balaban J connectivity index is 2.15. The topological polar surface area (TPSA) is 116 Å². The summed E-state index contributed by atoms with van der Waals surface area (Å²) in [5, 5.41) is 12.7. The van der Waals surface area contributed by atoms with E-state index in [0.29, 0.717) is 6.61 Å². The number of amides is 1. The fourth-order valence-corrected chi connectivity index (χ4v) is 3.52. The van der Waals surface area contributed by atoms with E-state index in [4.69, 9.17) is 18.9 Å². The van der Waals surface area contributed by atoms with Crippen molar-refractivity contribution in [3.8, 4) is 11.5 Å². The van der Waals surface area contributed by atoms with Crippen molar-refractivity contribution in [2.45, 2.75) is 57.8 Å². The first kappa shape index (κ1) is 25.6. The molecule has 2 N–H and O–H groups in total. The monoisotopic (exact) mass is 450 g/mol. The van der Waals surface area contributed by atoms with E-state index in [9.17, 15) is 14.7 Å². The molecule has 1 fully saturated rings. The Kier molecular flexibility index (Phi) is 10.4. The van der Waals surface area contributed by atoms with Crippen LogP contribution in [-0.4, -0.2) is 67.1 Å². The Bertz CT molecular complexity index is 771. The molecule has 1 aromatic rings. The van der Waals surface area contributed by atoms with Gasteiger partial charge in [-0.25, -0.2) is 9.78 Å². The zero-order valence-electron chi connectivity index (χ0n) is 19.0. The number of nitrogens with zero attached hydrogens (tertiary/aromatic N) is 1. The molecular formula is C23H34N2O7. The Morgan fingerprint density at radius 2 is 2.22 bits per heavy atom. The van der Waals surface area contributed by atoms with Gasteiger partial charge < -0.3 is 29.4 Å². The van der Waals surface area contributed by atoms with Gasteiger partial charge in [-0.15, -0.1) is 6.58 Å². The third-order valence-corrected chi connectivity index (χ3v) is 5.40. The number of hydrogen-bond donors (Lipinski definition) is 2. The lowest BCUT2D eigenvalue weighted by molar-refractivity contribution is -0.155. The van der Waals surface area contributed by atoms with E-state index in [0.717, 1.165) is 25.7 Å². The van der Waals surface area contributed by atoms with Crippen molar-refractivity contribution in [2.75, 3.05) is 26.9 Å². The van der Waals surface area contributed by atoms with E-state index < -0.39 is 29.8 Å². The van der Waals surface area contributed by atoms with Crippen LogP contribution in [0.4, 0.5) is 0 Å². The molecule has 1 aliphatic heterocycles. The summed E-state index contributed by atoms with van der Waals surface area (Å²) in [6.45, 7) is 8.45. The largest absolute Gasteiger partial charge is 0.503 e. The molecule has 1 aromatic heterocycles. The summed E-state index contributed by atoms with van der Waals surface area (Å²) in [6.07, 6.45) is 5.88. The first-order chi connectivity index (χ1) is 15.4. The van der Waals surface area contributed by atoms with Crippen LogP contribution in [0.15, 0.2) is 24.9 Å². The number of hydrogen-bond acceptors (Lipinski definition) is 8.